The van der Waals surface area contributed by atoms with Crippen LogP contribution in [0.15, 0.2) is 48.5 Å². The van der Waals surface area contributed by atoms with Crippen molar-refractivity contribution >= 4 is 22.4 Å². The maximum absolute atomic E-state index is 12.5. The van der Waals surface area contributed by atoms with Crippen molar-refractivity contribution in [1.29, 1.82) is 0 Å². The minimum Gasteiger partial charge on any atom is -0.495 e. The average Bonchev–Trinajstić information content (AvgIpc) is 3.07. The van der Waals surface area contributed by atoms with Crippen LogP contribution in [0.1, 0.15) is 40.1 Å². The SMILES string of the molecule is COc1ccc(C(=O)O[C@H](C)c2ccc3c4c(cccc24)CC3)cc1N. The molecule has 0 bridgehead atoms. The number of benzene rings is 3. The van der Waals surface area contributed by atoms with Gasteiger partial charge in [0.2, 0.25) is 0 Å². The Morgan fingerprint density at radius 2 is 1.85 bits per heavy atom. The summed E-state index contributed by atoms with van der Waals surface area (Å²) < 4.78 is 10.9. The highest BCUT2D eigenvalue weighted by molar-refractivity contribution is 5.94. The number of carbonyl (C=O) groups excluding carboxylic acids is 1. The Morgan fingerprint density at radius 1 is 1.08 bits per heavy atom. The third kappa shape index (κ3) is 2.68. The van der Waals surface area contributed by atoms with Crippen LogP contribution in [-0.2, 0) is 17.6 Å². The van der Waals surface area contributed by atoms with Gasteiger partial charge in [-0.05, 0) is 59.9 Å². The number of esters is 1. The summed E-state index contributed by atoms with van der Waals surface area (Å²) in [5.41, 5.74) is 10.5. The van der Waals surface area contributed by atoms with Gasteiger partial charge in [-0.25, -0.2) is 4.79 Å². The Bertz CT molecular complexity index is 999. The van der Waals surface area contributed by atoms with E-state index in [2.05, 4.69) is 30.3 Å². The van der Waals surface area contributed by atoms with E-state index in [1.165, 1.54) is 21.9 Å². The Labute approximate surface area is 152 Å². The third-order valence-electron chi connectivity index (χ3n) is 5.10. The number of hydrogen-bond acceptors (Lipinski definition) is 4. The van der Waals surface area contributed by atoms with E-state index in [0.29, 0.717) is 17.0 Å². The van der Waals surface area contributed by atoms with E-state index in [0.717, 1.165) is 18.4 Å². The minimum atomic E-state index is -0.393. The van der Waals surface area contributed by atoms with Gasteiger partial charge in [0.05, 0.1) is 18.4 Å². The number of rotatable bonds is 4. The zero-order valence-electron chi connectivity index (χ0n) is 14.9. The van der Waals surface area contributed by atoms with E-state index in [1.807, 2.05) is 6.92 Å². The standard InChI is InChI=1S/C22H21NO3/c1-13(26-22(24)16-9-11-20(25-2)19(23)12-16)17-10-8-15-7-6-14-4-3-5-18(17)21(14)15/h3-5,8-13H,6-7,23H2,1-2H3/t13-/m1/s1. The highest BCUT2D eigenvalue weighted by Crippen LogP contribution is 2.36. The normalized spacial score (nSPS) is 13.6. The summed E-state index contributed by atoms with van der Waals surface area (Å²) in [4.78, 5) is 12.5. The Hall–Kier alpha value is -3.01. The fourth-order valence-corrected chi connectivity index (χ4v) is 3.78. The van der Waals surface area contributed by atoms with Crippen LogP contribution in [0.4, 0.5) is 5.69 Å². The second kappa shape index (κ2) is 6.37. The topological polar surface area (TPSA) is 61.5 Å². The number of methoxy groups -OCH3 is 1. The van der Waals surface area contributed by atoms with Gasteiger partial charge in [0, 0.05) is 5.56 Å². The molecule has 3 aromatic carbocycles. The number of anilines is 1. The first-order chi connectivity index (χ1) is 12.6. The molecule has 26 heavy (non-hydrogen) atoms. The molecule has 0 saturated heterocycles. The molecule has 3 aromatic rings. The van der Waals surface area contributed by atoms with Crippen molar-refractivity contribution < 1.29 is 14.3 Å². The molecule has 0 heterocycles. The number of carbonyl (C=O) groups is 1. The van der Waals surface area contributed by atoms with Crippen molar-refractivity contribution in [1.82, 2.24) is 0 Å². The van der Waals surface area contributed by atoms with Crippen molar-refractivity contribution in [3.8, 4) is 5.75 Å². The fourth-order valence-electron chi connectivity index (χ4n) is 3.78. The van der Waals surface area contributed by atoms with Crippen LogP contribution in [-0.4, -0.2) is 13.1 Å². The lowest BCUT2D eigenvalue weighted by Crippen LogP contribution is -2.10. The molecule has 0 amide bonds. The molecule has 2 N–H and O–H groups in total. The number of ether oxygens (including phenoxy) is 2. The van der Waals surface area contributed by atoms with Gasteiger partial charge in [-0.2, -0.15) is 0 Å². The first-order valence-electron chi connectivity index (χ1n) is 8.76. The predicted octanol–water partition coefficient (Wildman–Crippen LogP) is 4.45. The summed E-state index contributed by atoms with van der Waals surface area (Å²) in [7, 11) is 1.54. The van der Waals surface area contributed by atoms with Crippen LogP contribution >= 0.6 is 0 Å². The van der Waals surface area contributed by atoms with Gasteiger partial charge < -0.3 is 15.2 Å². The van der Waals surface area contributed by atoms with Crippen LogP contribution in [0.2, 0.25) is 0 Å². The third-order valence-corrected chi connectivity index (χ3v) is 5.10. The number of aryl methyl sites for hydroxylation is 2. The number of nitrogens with two attached hydrogens (primary N) is 1. The Balaban J connectivity index is 1.63. The zero-order chi connectivity index (χ0) is 18.3. The van der Waals surface area contributed by atoms with Crippen molar-refractivity contribution in [2.75, 3.05) is 12.8 Å². The second-order valence-electron chi connectivity index (χ2n) is 6.66. The molecule has 0 aliphatic heterocycles. The van der Waals surface area contributed by atoms with Crippen LogP contribution in [0, 0.1) is 0 Å². The molecule has 4 nitrogen and oxygen atoms in total. The summed E-state index contributed by atoms with van der Waals surface area (Å²) in [6.45, 7) is 1.91. The summed E-state index contributed by atoms with van der Waals surface area (Å²) in [5, 5.41) is 2.49. The van der Waals surface area contributed by atoms with Crippen molar-refractivity contribution in [2.45, 2.75) is 25.9 Å². The van der Waals surface area contributed by atoms with Gasteiger partial charge in [0.25, 0.3) is 0 Å². The van der Waals surface area contributed by atoms with Gasteiger partial charge in [-0.3, -0.25) is 0 Å². The zero-order valence-corrected chi connectivity index (χ0v) is 14.9. The molecule has 0 radical (unpaired) electrons. The average molecular weight is 347 g/mol. The summed E-state index contributed by atoms with van der Waals surface area (Å²) in [5.74, 6) is 0.150. The maximum Gasteiger partial charge on any atom is 0.338 e. The fraction of sp³-hybridized carbons (Fsp3) is 0.227. The predicted molar refractivity (Wildman–Crippen MR) is 103 cm³/mol. The van der Waals surface area contributed by atoms with E-state index < -0.39 is 5.97 Å². The lowest BCUT2D eigenvalue weighted by Gasteiger charge is -2.17. The highest BCUT2D eigenvalue weighted by atomic mass is 16.5. The number of nitrogen functional groups attached to an aromatic ring is 1. The van der Waals surface area contributed by atoms with Gasteiger partial charge in [0.15, 0.2) is 0 Å². The smallest absolute Gasteiger partial charge is 0.338 e. The van der Waals surface area contributed by atoms with E-state index in [9.17, 15) is 4.79 Å². The molecular weight excluding hydrogens is 326 g/mol. The van der Waals surface area contributed by atoms with Crippen LogP contribution < -0.4 is 10.5 Å². The largest absolute Gasteiger partial charge is 0.495 e. The molecule has 0 fully saturated rings. The van der Waals surface area contributed by atoms with E-state index in [1.54, 1.807) is 25.3 Å². The highest BCUT2D eigenvalue weighted by Gasteiger charge is 2.21. The van der Waals surface area contributed by atoms with Crippen LogP contribution in [0.5, 0.6) is 5.75 Å². The molecule has 1 aliphatic carbocycles. The Morgan fingerprint density at radius 3 is 2.58 bits per heavy atom. The monoisotopic (exact) mass is 347 g/mol. The van der Waals surface area contributed by atoms with Gasteiger partial charge in [0.1, 0.15) is 11.9 Å². The molecule has 0 aromatic heterocycles. The lowest BCUT2D eigenvalue weighted by molar-refractivity contribution is 0.0341. The maximum atomic E-state index is 12.5. The number of hydrogen-bond donors (Lipinski definition) is 1. The van der Waals surface area contributed by atoms with Crippen molar-refractivity contribution in [2.24, 2.45) is 0 Å². The van der Waals surface area contributed by atoms with E-state index in [4.69, 9.17) is 15.2 Å². The molecule has 4 rings (SSSR count). The summed E-state index contributed by atoms with van der Waals surface area (Å²) >= 11 is 0. The molecule has 1 aliphatic rings. The summed E-state index contributed by atoms with van der Waals surface area (Å²) in [6.07, 6.45) is 1.81. The Kier molecular flexibility index (Phi) is 4.03. The van der Waals surface area contributed by atoms with E-state index >= 15 is 0 Å². The first kappa shape index (κ1) is 16.5. The van der Waals surface area contributed by atoms with Crippen molar-refractivity contribution in [3.63, 3.8) is 0 Å². The van der Waals surface area contributed by atoms with Gasteiger partial charge in [-0.1, -0.05) is 30.3 Å². The summed E-state index contributed by atoms with van der Waals surface area (Å²) in [6, 6.07) is 15.5. The van der Waals surface area contributed by atoms with Gasteiger partial charge >= 0.3 is 5.97 Å². The second-order valence-corrected chi connectivity index (χ2v) is 6.66. The lowest BCUT2D eigenvalue weighted by atomic mass is 9.97. The quantitative estimate of drug-likeness (QED) is 0.559. The molecule has 4 heteroatoms. The minimum absolute atomic E-state index is 0.351. The molecule has 0 unspecified atom stereocenters. The van der Waals surface area contributed by atoms with Crippen molar-refractivity contribution in [3.05, 3.63) is 70.8 Å². The van der Waals surface area contributed by atoms with E-state index in [-0.39, 0.29) is 6.10 Å². The molecule has 0 saturated carbocycles. The van der Waals surface area contributed by atoms with Gasteiger partial charge in [-0.15, -0.1) is 0 Å². The molecule has 0 spiro atoms. The first-order valence-corrected chi connectivity index (χ1v) is 8.76. The molecule has 132 valence electrons. The molecular formula is C22H21NO3. The van der Waals surface area contributed by atoms with Crippen LogP contribution in [0.3, 0.4) is 0 Å². The van der Waals surface area contributed by atoms with Crippen LogP contribution in [0.25, 0.3) is 10.8 Å². The molecule has 1 atom stereocenters.